The first-order valence-electron chi connectivity index (χ1n) is 11.8. The van der Waals surface area contributed by atoms with Gasteiger partial charge >= 0.3 is 5.97 Å². The van der Waals surface area contributed by atoms with E-state index in [1.54, 1.807) is 48.4 Å². The molecular weight excluding hydrogens is 476 g/mol. The lowest BCUT2D eigenvalue weighted by molar-refractivity contribution is -0.121. The second-order valence-corrected chi connectivity index (χ2v) is 8.32. The molecule has 1 aliphatic rings. The number of hydrogen-bond acceptors (Lipinski definition) is 7. The summed E-state index contributed by atoms with van der Waals surface area (Å²) in [6.45, 7) is 0.536. The van der Waals surface area contributed by atoms with Crippen LogP contribution in [0.3, 0.4) is 0 Å². The quantitative estimate of drug-likeness (QED) is 0.326. The third-order valence-corrected chi connectivity index (χ3v) is 5.75. The van der Waals surface area contributed by atoms with Crippen LogP contribution in [0.25, 0.3) is 0 Å². The molecule has 0 spiro atoms. The summed E-state index contributed by atoms with van der Waals surface area (Å²) in [5.74, 6) is 1.15. The lowest BCUT2D eigenvalue weighted by atomic mass is 10.1. The Labute approximate surface area is 214 Å². The van der Waals surface area contributed by atoms with Crippen molar-refractivity contribution < 1.29 is 33.3 Å². The first-order valence-corrected chi connectivity index (χ1v) is 11.8. The van der Waals surface area contributed by atoms with Crippen molar-refractivity contribution in [1.29, 1.82) is 0 Å². The Kier molecular flexibility index (Phi) is 8.25. The van der Waals surface area contributed by atoms with Crippen molar-refractivity contribution in [1.82, 2.24) is 0 Å². The number of anilines is 2. The minimum atomic E-state index is -0.449. The predicted molar refractivity (Wildman–Crippen MR) is 137 cm³/mol. The number of benzene rings is 3. The molecule has 192 valence electrons. The molecule has 4 rings (SSSR count). The lowest BCUT2D eigenvalue weighted by Gasteiger charge is -2.30. The van der Waals surface area contributed by atoms with E-state index < -0.39 is 5.97 Å². The molecule has 3 aromatic rings. The Morgan fingerprint density at radius 2 is 1.78 bits per heavy atom. The molecular formula is C28H28N2O7. The van der Waals surface area contributed by atoms with E-state index in [0.717, 1.165) is 11.3 Å². The molecule has 0 unspecified atom stereocenters. The van der Waals surface area contributed by atoms with E-state index in [0.29, 0.717) is 41.5 Å². The Morgan fingerprint density at radius 3 is 2.54 bits per heavy atom. The smallest absolute Gasteiger partial charge is 0.337 e. The number of ether oxygens (including phenoxy) is 4. The second-order valence-electron chi connectivity index (χ2n) is 8.32. The minimum Gasteiger partial charge on any atom is -0.497 e. The van der Waals surface area contributed by atoms with Gasteiger partial charge in [0, 0.05) is 12.1 Å². The number of methoxy groups -OCH3 is 2. The van der Waals surface area contributed by atoms with E-state index >= 15 is 0 Å². The molecule has 9 nitrogen and oxygen atoms in total. The molecule has 0 atom stereocenters. The molecule has 37 heavy (non-hydrogen) atoms. The molecule has 0 saturated carbocycles. The van der Waals surface area contributed by atoms with E-state index in [1.165, 1.54) is 7.11 Å². The third kappa shape index (κ3) is 6.58. The van der Waals surface area contributed by atoms with Gasteiger partial charge in [0.25, 0.3) is 5.91 Å². The molecule has 0 fully saturated rings. The summed E-state index contributed by atoms with van der Waals surface area (Å²) in [5.41, 5.74) is 2.25. The normalized spacial score (nSPS) is 12.3. The Bertz CT molecular complexity index is 1270. The van der Waals surface area contributed by atoms with Crippen molar-refractivity contribution in [3.05, 3.63) is 77.9 Å². The SMILES string of the molecule is COC(=O)c1cccc(CN2C(=O)COc3ccc(NC(=O)CCCOc4ccc(OC)cc4)cc32)c1. The van der Waals surface area contributed by atoms with Gasteiger partial charge in [-0.25, -0.2) is 4.79 Å². The van der Waals surface area contributed by atoms with Crippen molar-refractivity contribution in [2.75, 3.05) is 37.7 Å². The molecule has 3 aromatic carbocycles. The van der Waals surface area contributed by atoms with E-state index in [-0.39, 0.29) is 31.4 Å². The maximum Gasteiger partial charge on any atom is 0.337 e. The average molecular weight is 505 g/mol. The molecule has 1 N–H and O–H groups in total. The van der Waals surface area contributed by atoms with Crippen molar-refractivity contribution >= 4 is 29.2 Å². The van der Waals surface area contributed by atoms with Crippen LogP contribution in [0, 0.1) is 0 Å². The third-order valence-electron chi connectivity index (χ3n) is 5.75. The largest absolute Gasteiger partial charge is 0.497 e. The summed E-state index contributed by atoms with van der Waals surface area (Å²) in [6.07, 6.45) is 0.805. The molecule has 0 aromatic heterocycles. The number of carbonyl (C=O) groups is 3. The van der Waals surface area contributed by atoms with E-state index in [4.69, 9.17) is 18.9 Å². The molecule has 1 heterocycles. The highest BCUT2D eigenvalue weighted by molar-refractivity contribution is 5.99. The van der Waals surface area contributed by atoms with Crippen LogP contribution in [0.5, 0.6) is 17.2 Å². The van der Waals surface area contributed by atoms with Gasteiger partial charge in [0.05, 0.1) is 38.6 Å². The molecule has 0 saturated heterocycles. The van der Waals surface area contributed by atoms with Crippen LogP contribution >= 0.6 is 0 Å². The molecule has 0 radical (unpaired) electrons. The zero-order valence-electron chi connectivity index (χ0n) is 20.7. The van der Waals surface area contributed by atoms with Gasteiger partial charge in [0.2, 0.25) is 5.91 Å². The fourth-order valence-corrected chi connectivity index (χ4v) is 3.87. The number of esters is 1. The fraction of sp³-hybridized carbons (Fsp3) is 0.250. The number of rotatable bonds is 10. The summed E-state index contributed by atoms with van der Waals surface area (Å²) >= 11 is 0. The standard InChI is InChI=1S/C28H28N2O7/c1-34-22-9-11-23(12-10-22)36-14-4-7-26(31)29-21-8-13-25-24(16-21)30(27(32)18-37-25)17-19-5-3-6-20(15-19)28(33)35-2/h3,5-6,8-13,15-16H,4,7,14,17-18H2,1-2H3,(H,29,31). The Balaban J connectivity index is 1.36. The van der Waals surface area contributed by atoms with Crippen molar-refractivity contribution in [3.8, 4) is 17.2 Å². The maximum absolute atomic E-state index is 12.7. The lowest BCUT2D eigenvalue weighted by Crippen LogP contribution is -2.38. The van der Waals surface area contributed by atoms with Crippen molar-refractivity contribution in [2.45, 2.75) is 19.4 Å². The molecule has 2 amide bonds. The van der Waals surface area contributed by atoms with Crippen LogP contribution in [0.1, 0.15) is 28.8 Å². The first kappa shape index (κ1) is 25.6. The van der Waals surface area contributed by atoms with Gasteiger partial charge in [-0.1, -0.05) is 12.1 Å². The van der Waals surface area contributed by atoms with Crippen LogP contribution < -0.4 is 24.4 Å². The number of hydrogen-bond donors (Lipinski definition) is 1. The molecule has 1 aliphatic heterocycles. The van der Waals surface area contributed by atoms with Gasteiger partial charge in [0.15, 0.2) is 6.61 Å². The van der Waals surface area contributed by atoms with Gasteiger partial charge in [-0.05, 0) is 66.6 Å². The maximum atomic E-state index is 12.7. The van der Waals surface area contributed by atoms with E-state index in [1.807, 2.05) is 30.3 Å². The summed E-state index contributed by atoms with van der Waals surface area (Å²) in [5, 5.41) is 2.87. The Hall–Kier alpha value is -4.53. The van der Waals surface area contributed by atoms with Crippen molar-refractivity contribution in [3.63, 3.8) is 0 Å². The van der Waals surface area contributed by atoms with E-state index in [2.05, 4.69) is 5.32 Å². The number of nitrogens with one attached hydrogen (secondary N) is 1. The highest BCUT2D eigenvalue weighted by atomic mass is 16.5. The summed E-state index contributed by atoms with van der Waals surface area (Å²) in [7, 11) is 2.92. The summed E-state index contributed by atoms with van der Waals surface area (Å²) in [4.78, 5) is 38.7. The van der Waals surface area contributed by atoms with Crippen molar-refractivity contribution in [2.24, 2.45) is 0 Å². The van der Waals surface area contributed by atoms with Gasteiger partial charge in [-0.2, -0.15) is 0 Å². The topological polar surface area (TPSA) is 103 Å². The molecule has 0 aliphatic carbocycles. The zero-order chi connectivity index (χ0) is 26.2. The predicted octanol–water partition coefficient (Wildman–Crippen LogP) is 4.21. The number of fused-ring (bicyclic) bond motifs is 1. The van der Waals surface area contributed by atoms with Gasteiger partial charge in [-0.3, -0.25) is 9.59 Å². The molecule has 0 bridgehead atoms. The number of carbonyl (C=O) groups excluding carboxylic acids is 3. The zero-order valence-corrected chi connectivity index (χ0v) is 20.7. The fourth-order valence-electron chi connectivity index (χ4n) is 3.87. The van der Waals surface area contributed by atoms with Gasteiger partial charge in [-0.15, -0.1) is 0 Å². The van der Waals surface area contributed by atoms with Gasteiger partial charge in [0.1, 0.15) is 17.2 Å². The summed E-state index contributed by atoms with van der Waals surface area (Å²) < 4.78 is 21.2. The van der Waals surface area contributed by atoms with Crippen LogP contribution in [0.15, 0.2) is 66.7 Å². The van der Waals surface area contributed by atoms with Crippen LogP contribution in [-0.4, -0.2) is 45.2 Å². The average Bonchev–Trinajstić information content (AvgIpc) is 2.93. The van der Waals surface area contributed by atoms with E-state index in [9.17, 15) is 14.4 Å². The monoisotopic (exact) mass is 504 g/mol. The highest BCUT2D eigenvalue weighted by Gasteiger charge is 2.26. The first-order chi connectivity index (χ1) is 18.0. The summed E-state index contributed by atoms with van der Waals surface area (Å²) in [6, 6.07) is 19.3. The van der Waals surface area contributed by atoms with Crippen LogP contribution in [0.2, 0.25) is 0 Å². The Morgan fingerprint density at radius 1 is 1.00 bits per heavy atom. The highest BCUT2D eigenvalue weighted by Crippen LogP contribution is 2.35. The van der Waals surface area contributed by atoms with Crippen LogP contribution in [0.4, 0.5) is 11.4 Å². The number of nitrogens with zero attached hydrogens (tertiary/aromatic N) is 1. The molecule has 9 heteroatoms. The minimum absolute atomic E-state index is 0.0937. The van der Waals surface area contributed by atoms with Crippen LogP contribution in [-0.2, 0) is 20.9 Å². The number of amides is 2. The van der Waals surface area contributed by atoms with Gasteiger partial charge < -0.3 is 29.2 Å². The second kappa shape index (κ2) is 11.9.